The number of hydrogen-bond donors (Lipinski definition) is 2. The fourth-order valence-corrected chi connectivity index (χ4v) is 4.10. The first-order chi connectivity index (χ1) is 15.1. The van der Waals surface area contributed by atoms with E-state index in [1.165, 1.54) is 25.1 Å². The minimum absolute atomic E-state index is 0.0589. The number of benzene rings is 2. The van der Waals surface area contributed by atoms with Crippen LogP contribution in [0.1, 0.15) is 18.1 Å². The van der Waals surface area contributed by atoms with E-state index < -0.39 is 39.3 Å². The molecule has 178 valence electrons. The number of hydrogen-bond acceptors (Lipinski definition) is 7. The lowest BCUT2D eigenvalue weighted by Crippen LogP contribution is -2.34. The monoisotopic (exact) mass is 509 g/mol. The summed E-state index contributed by atoms with van der Waals surface area (Å²) in [6, 6.07) is 6.59. The van der Waals surface area contributed by atoms with Gasteiger partial charge in [-0.3, -0.25) is 0 Å². The number of ether oxygens (including phenoxy) is 1. The van der Waals surface area contributed by atoms with Crippen molar-refractivity contribution in [1.29, 1.82) is 0 Å². The van der Waals surface area contributed by atoms with Crippen molar-refractivity contribution in [3.8, 4) is 17.1 Å². The van der Waals surface area contributed by atoms with Crippen LogP contribution in [0, 0.1) is 5.82 Å². The molecule has 0 fully saturated rings. The molecule has 0 amide bonds. The van der Waals surface area contributed by atoms with Crippen LogP contribution in [-0.2, 0) is 22.2 Å². The summed E-state index contributed by atoms with van der Waals surface area (Å²) in [6.07, 6.45) is -4.94. The van der Waals surface area contributed by atoms with E-state index in [9.17, 15) is 31.1 Å². The van der Waals surface area contributed by atoms with Gasteiger partial charge in [-0.2, -0.15) is 4.80 Å². The molecule has 3 rings (SSSR count). The van der Waals surface area contributed by atoms with Crippen LogP contribution >= 0.6 is 11.6 Å². The zero-order valence-electron chi connectivity index (χ0n) is 16.7. The van der Waals surface area contributed by atoms with E-state index in [0.717, 1.165) is 23.0 Å². The number of aliphatic hydroxyl groups is 1. The summed E-state index contributed by atoms with van der Waals surface area (Å²) in [5.41, 5.74) is -1.73. The van der Waals surface area contributed by atoms with E-state index in [1.54, 1.807) is 0 Å². The molecular weight excluding hydrogens is 494 g/mol. The Morgan fingerprint density at radius 2 is 1.91 bits per heavy atom. The third-order valence-electron chi connectivity index (χ3n) is 4.33. The van der Waals surface area contributed by atoms with Crippen LogP contribution in [0.2, 0.25) is 5.02 Å². The largest absolute Gasteiger partial charge is 0.573 e. The second-order valence-electron chi connectivity index (χ2n) is 7.22. The average molecular weight is 510 g/mol. The number of sulfonamides is 1. The van der Waals surface area contributed by atoms with Gasteiger partial charge in [0.1, 0.15) is 17.2 Å². The van der Waals surface area contributed by atoms with Gasteiger partial charge >= 0.3 is 6.36 Å². The van der Waals surface area contributed by atoms with Crippen LogP contribution in [0.15, 0.2) is 36.4 Å². The maximum Gasteiger partial charge on any atom is 0.573 e. The second kappa shape index (κ2) is 8.85. The van der Waals surface area contributed by atoms with Gasteiger partial charge in [-0.1, -0.05) is 17.7 Å². The van der Waals surface area contributed by atoms with Crippen molar-refractivity contribution >= 4 is 21.6 Å². The highest BCUT2D eigenvalue weighted by Gasteiger charge is 2.32. The summed E-state index contributed by atoms with van der Waals surface area (Å²) in [5, 5.41) is 27.2. The van der Waals surface area contributed by atoms with Crippen molar-refractivity contribution < 1.29 is 35.8 Å². The normalized spacial score (nSPS) is 14.2. The molecule has 0 saturated heterocycles. The summed E-state index contributed by atoms with van der Waals surface area (Å²) in [6.45, 7) is 0.863. The number of nitrogens with zero attached hydrogens (tertiary/aromatic N) is 4. The minimum atomic E-state index is -4.94. The first kappa shape index (κ1) is 24.8. The summed E-state index contributed by atoms with van der Waals surface area (Å²) in [5.74, 6) is -2.26. The molecule has 2 aromatic carbocycles. The molecule has 33 heavy (non-hydrogen) atoms. The Hall–Kier alpha value is -2.81. The van der Waals surface area contributed by atoms with Gasteiger partial charge in [-0.05, 0) is 48.0 Å². The van der Waals surface area contributed by atoms with E-state index >= 15 is 0 Å². The van der Waals surface area contributed by atoms with Gasteiger partial charge in [-0.25, -0.2) is 17.9 Å². The summed E-state index contributed by atoms with van der Waals surface area (Å²) in [4.78, 5) is 0.913. The molecule has 0 radical (unpaired) electrons. The first-order valence-corrected chi connectivity index (χ1v) is 11.1. The lowest BCUT2D eigenvalue weighted by molar-refractivity contribution is -0.274. The smallest absolute Gasteiger partial charge is 0.406 e. The molecule has 3 N–H and O–H groups in total. The molecule has 0 aliphatic heterocycles. The van der Waals surface area contributed by atoms with Gasteiger partial charge in [0, 0.05) is 11.1 Å². The summed E-state index contributed by atoms with van der Waals surface area (Å²) < 4.78 is 77.9. The number of primary sulfonamides is 1. The molecular formula is C18H16ClF4N5O4S. The highest BCUT2D eigenvalue weighted by molar-refractivity contribution is 7.89. The molecule has 15 heteroatoms. The Morgan fingerprint density at radius 1 is 1.21 bits per heavy atom. The standard InChI is InChI=1S/C18H16ClF4N5O4S/c1-17(29,9-33(24,30)31)11-2-4-14(19)13(7-11)16-25-27-28(26-16)8-10-6-12(3-5-15(10)20)32-18(21,22)23/h2-7,29H,8-9H2,1H3,(H2,24,30,31)/t17-/m1/s1. The van der Waals surface area contributed by atoms with Gasteiger partial charge in [-0.15, -0.1) is 23.4 Å². The van der Waals surface area contributed by atoms with Crippen LogP contribution < -0.4 is 9.88 Å². The molecule has 0 saturated carbocycles. The van der Waals surface area contributed by atoms with E-state index in [1.807, 2.05) is 0 Å². The maximum atomic E-state index is 14.1. The molecule has 3 aromatic rings. The van der Waals surface area contributed by atoms with Gasteiger partial charge in [0.2, 0.25) is 15.8 Å². The molecule has 0 bridgehead atoms. The van der Waals surface area contributed by atoms with E-state index in [4.69, 9.17) is 16.7 Å². The van der Waals surface area contributed by atoms with Crippen molar-refractivity contribution in [2.75, 3.05) is 5.75 Å². The fraction of sp³-hybridized carbons (Fsp3) is 0.278. The van der Waals surface area contributed by atoms with Crippen molar-refractivity contribution in [2.45, 2.75) is 25.4 Å². The number of halogens is 5. The zero-order chi connectivity index (χ0) is 24.6. The van der Waals surface area contributed by atoms with E-state index in [2.05, 4.69) is 20.1 Å². The van der Waals surface area contributed by atoms with Gasteiger partial charge in [0.15, 0.2) is 0 Å². The minimum Gasteiger partial charge on any atom is -0.406 e. The molecule has 1 aromatic heterocycles. The van der Waals surface area contributed by atoms with Gasteiger partial charge in [0.25, 0.3) is 0 Å². The quantitative estimate of drug-likeness (QED) is 0.468. The average Bonchev–Trinajstić information content (AvgIpc) is 3.10. The van der Waals surface area contributed by atoms with Crippen molar-refractivity contribution in [2.24, 2.45) is 5.14 Å². The van der Waals surface area contributed by atoms with E-state index in [-0.39, 0.29) is 34.1 Å². The van der Waals surface area contributed by atoms with Crippen LogP contribution in [0.4, 0.5) is 17.6 Å². The van der Waals surface area contributed by atoms with Crippen LogP contribution in [0.25, 0.3) is 11.4 Å². The maximum absolute atomic E-state index is 14.1. The lowest BCUT2D eigenvalue weighted by atomic mass is 9.96. The highest BCUT2D eigenvalue weighted by atomic mass is 35.5. The predicted octanol–water partition coefficient (Wildman–Crippen LogP) is 2.58. The first-order valence-electron chi connectivity index (χ1n) is 8.98. The van der Waals surface area contributed by atoms with Crippen molar-refractivity contribution in [3.05, 3.63) is 58.4 Å². The number of rotatable bonds is 7. The van der Waals surface area contributed by atoms with Gasteiger partial charge < -0.3 is 9.84 Å². The highest BCUT2D eigenvalue weighted by Crippen LogP contribution is 2.31. The predicted molar refractivity (Wildman–Crippen MR) is 108 cm³/mol. The number of aromatic nitrogens is 4. The molecule has 9 nitrogen and oxygen atoms in total. The van der Waals surface area contributed by atoms with Gasteiger partial charge in [0.05, 0.1) is 17.3 Å². The SMILES string of the molecule is C[C@@](O)(CS(N)(=O)=O)c1ccc(Cl)c(-c2nnn(Cc3cc(OC(F)(F)F)ccc3F)n2)c1. The molecule has 0 aliphatic carbocycles. The number of alkyl halides is 3. The molecule has 0 aliphatic rings. The fourth-order valence-electron chi connectivity index (χ4n) is 2.95. The summed E-state index contributed by atoms with van der Waals surface area (Å²) >= 11 is 6.17. The third-order valence-corrected chi connectivity index (χ3v) is 5.62. The molecule has 1 atom stereocenters. The van der Waals surface area contributed by atoms with Crippen LogP contribution in [0.3, 0.4) is 0 Å². The lowest BCUT2D eigenvalue weighted by Gasteiger charge is -2.23. The topological polar surface area (TPSA) is 133 Å². The van der Waals surface area contributed by atoms with Crippen molar-refractivity contribution in [3.63, 3.8) is 0 Å². The van der Waals surface area contributed by atoms with Crippen molar-refractivity contribution in [1.82, 2.24) is 20.2 Å². The Balaban J connectivity index is 1.89. The number of tetrazole rings is 1. The summed E-state index contributed by atoms with van der Waals surface area (Å²) in [7, 11) is -4.01. The Kier molecular flexibility index (Phi) is 6.66. The van der Waals surface area contributed by atoms with Crippen LogP contribution in [-0.4, -0.2) is 45.8 Å². The second-order valence-corrected chi connectivity index (χ2v) is 9.24. The molecule has 0 spiro atoms. The number of nitrogens with two attached hydrogens (primary N) is 1. The third kappa shape index (κ3) is 6.60. The molecule has 1 heterocycles. The zero-order valence-corrected chi connectivity index (χ0v) is 18.3. The Morgan fingerprint density at radius 3 is 2.55 bits per heavy atom. The molecule has 0 unspecified atom stereocenters. The Bertz CT molecular complexity index is 1280. The Labute approximate surface area is 189 Å². The van der Waals surface area contributed by atoms with Crippen LogP contribution in [0.5, 0.6) is 5.75 Å². The van der Waals surface area contributed by atoms with E-state index in [0.29, 0.717) is 0 Å².